The van der Waals surface area contributed by atoms with E-state index >= 15 is 0 Å². The first-order valence-electron chi connectivity index (χ1n) is 8.82. The molecule has 1 amide bonds. The number of aromatic nitrogens is 2. The maximum Gasteiger partial charge on any atom is 0.272 e. The van der Waals surface area contributed by atoms with Crippen molar-refractivity contribution in [1.82, 2.24) is 15.4 Å². The number of rotatable bonds is 4. The van der Waals surface area contributed by atoms with Crippen molar-refractivity contribution < 1.29 is 4.79 Å². The lowest BCUT2D eigenvalue weighted by Gasteiger charge is -2.09. The van der Waals surface area contributed by atoms with E-state index in [0.29, 0.717) is 5.56 Å². The number of amides is 1. The first-order chi connectivity index (χ1) is 13.6. The lowest BCUT2D eigenvalue weighted by molar-refractivity contribution is 0.0956. The molecule has 0 spiro atoms. The minimum atomic E-state index is -0.282. The average molecular weight is 386 g/mol. The van der Waals surface area contributed by atoms with E-state index in [4.69, 9.17) is 4.98 Å². The summed E-state index contributed by atoms with van der Waals surface area (Å²) >= 11 is 1.54. The van der Waals surface area contributed by atoms with Gasteiger partial charge >= 0.3 is 0 Å². The number of para-hydroxylation sites is 1. The standard InChI is InChI=1S/C22H18N4OS/c1-14-7-9-16(10-8-14)21-11-19(18-5-3-4-6-20(18)25-21)22(27)26-23-12-17-13-28-15(2)24-17/h3-13H,1-2H3,(H,26,27)/b23-12+. The monoisotopic (exact) mass is 386 g/mol. The molecule has 5 nitrogen and oxygen atoms in total. The van der Waals surface area contributed by atoms with Gasteiger partial charge in [-0.1, -0.05) is 48.0 Å². The molecule has 138 valence electrons. The molecule has 0 saturated carbocycles. The maximum absolute atomic E-state index is 12.8. The van der Waals surface area contributed by atoms with Crippen molar-refractivity contribution in [2.75, 3.05) is 0 Å². The summed E-state index contributed by atoms with van der Waals surface area (Å²) in [6.45, 7) is 3.97. The topological polar surface area (TPSA) is 67.2 Å². The summed E-state index contributed by atoms with van der Waals surface area (Å²) < 4.78 is 0. The molecule has 0 bridgehead atoms. The molecular weight excluding hydrogens is 368 g/mol. The third kappa shape index (κ3) is 3.82. The van der Waals surface area contributed by atoms with Crippen molar-refractivity contribution in [2.24, 2.45) is 5.10 Å². The van der Waals surface area contributed by atoms with E-state index in [9.17, 15) is 4.79 Å². The molecule has 6 heteroatoms. The van der Waals surface area contributed by atoms with Gasteiger partial charge in [0.2, 0.25) is 0 Å². The number of aryl methyl sites for hydroxylation is 2. The highest BCUT2D eigenvalue weighted by Crippen LogP contribution is 2.25. The third-order valence-corrected chi connectivity index (χ3v) is 5.10. The van der Waals surface area contributed by atoms with Gasteiger partial charge in [0.15, 0.2) is 0 Å². The predicted molar refractivity (Wildman–Crippen MR) is 114 cm³/mol. The Morgan fingerprint density at radius 1 is 1.07 bits per heavy atom. The molecule has 0 fully saturated rings. The number of pyridine rings is 1. The smallest absolute Gasteiger partial charge is 0.267 e. The van der Waals surface area contributed by atoms with E-state index < -0.39 is 0 Å². The zero-order valence-electron chi connectivity index (χ0n) is 15.5. The van der Waals surface area contributed by atoms with E-state index in [0.717, 1.165) is 32.9 Å². The van der Waals surface area contributed by atoms with Crippen LogP contribution in [0.2, 0.25) is 0 Å². The van der Waals surface area contributed by atoms with Gasteiger partial charge in [-0.05, 0) is 26.0 Å². The van der Waals surface area contributed by atoms with Crippen LogP contribution in [0.4, 0.5) is 0 Å². The second-order valence-corrected chi connectivity index (χ2v) is 7.49. The van der Waals surface area contributed by atoms with Crippen molar-refractivity contribution in [3.63, 3.8) is 0 Å². The van der Waals surface area contributed by atoms with Gasteiger partial charge < -0.3 is 0 Å². The summed E-state index contributed by atoms with van der Waals surface area (Å²) in [5, 5.41) is 7.68. The van der Waals surface area contributed by atoms with Crippen LogP contribution in [0.5, 0.6) is 0 Å². The van der Waals surface area contributed by atoms with E-state index in [1.165, 1.54) is 16.9 Å². The van der Waals surface area contributed by atoms with Crippen molar-refractivity contribution in [3.8, 4) is 11.3 Å². The Morgan fingerprint density at radius 3 is 2.61 bits per heavy atom. The number of nitrogens with zero attached hydrogens (tertiary/aromatic N) is 3. The molecule has 2 aromatic heterocycles. The summed E-state index contributed by atoms with van der Waals surface area (Å²) in [5.74, 6) is -0.282. The predicted octanol–water partition coefficient (Wildman–Crippen LogP) is 4.74. The fourth-order valence-electron chi connectivity index (χ4n) is 2.89. The van der Waals surface area contributed by atoms with E-state index in [1.54, 1.807) is 6.21 Å². The number of carbonyl (C=O) groups excluding carboxylic acids is 1. The van der Waals surface area contributed by atoms with Gasteiger partial charge in [0, 0.05) is 16.3 Å². The summed E-state index contributed by atoms with van der Waals surface area (Å²) in [4.78, 5) is 21.8. The van der Waals surface area contributed by atoms with Gasteiger partial charge in [0.1, 0.15) is 0 Å². The molecule has 1 N–H and O–H groups in total. The molecule has 0 aliphatic rings. The number of thiazole rings is 1. The molecule has 4 aromatic rings. The van der Waals surface area contributed by atoms with Gasteiger partial charge in [0.25, 0.3) is 5.91 Å². The highest BCUT2D eigenvalue weighted by atomic mass is 32.1. The Labute approximate surface area is 166 Å². The fraction of sp³-hybridized carbons (Fsp3) is 0.0909. The number of hydrogen-bond acceptors (Lipinski definition) is 5. The van der Waals surface area contributed by atoms with Crippen LogP contribution >= 0.6 is 11.3 Å². The Balaban J connectivity index is 1.69. The zero-order chi connectivity index (χ0) is 19.5. The molecule has 0 atom stereocenters. The minimum Gasteiger partial charge on any atom is -0.267 e. The number of hydrazone groups is 1. The van der Waals surface area contributed by atoms with Gasteiger partial charge in [-0.3, -0.25) is 4.79 Å². The number of carbonyl (C=O) groups is 1. The SMILES string of the molecule is Cc1ccc(-c2cc(C(=O)N/N=C/c3csc(C)n3)c3ccccc3n2)cc1. The number of nitrogens with one attached hydrogen (secondary N) is 1. The molecule has 0 saturated heterocycles. The molecule has 0 unspecified atom stereocenters. The van der Waals surface area contributed by atoms with Crippen LogP contribution in [-0.4, -0.2) is 22.1 Å². The fourth-order valence-corrected chi connectivity index (χ4v) is 3.46. The third-order valence-electron chi connectivity index (χ3n) is 4.31. The van der Waals surface area contributed by atoms with Crippen molar-refractivity contribution in [1.29, 1.82) is 0 Å². The van der Waals surface area contributed by atoms with Gasteiger partial charge in [0.05, 0.1) is 33.7 Å². The van der Waals surface area contributed by atoms with Crippen molar-refractivity contribution >= 4 is 34.4 Å². The normalized spacial score (nSPS) is 11.2. The summed E-state index contributed by atoms with van der Waals surface area (Å²) in [5.41, 5.74) is 7.52. The summed E-state index contributed by atoms with van der Waals surface area (Å²) in [7, 11) is 0. The number of fused-ring (bicyclic) bond motifs is 1. The highest BCUT2D eigenvalue weighted by Gasteiger charge is 2.13. The van der Waals surface area contributed by atoms with Gasteiger partial charge in [-0.2, -0.15) is 5.10 Å². The quantitative estimate of drug-likeness (QED) is 0.407. The molecule has 2 aromatic carbocycles. The second-order valence-electron chi connectivity index (χ2n) is 6.43. The minimum absolute atomic E-state index is 0.282. The molecule has 2 heterocycles. The van der Waals surface area contributed by atoms with Crippen LogP contribution in [0.25, 0.3) is 22.2 Å². The average Bonchev–Trinajstić information content (AvgIpc) is 3.12. The van der Waals surface area contributed by atoms with E-state index in [-0.39, 0.29) is 5.91 Å². The lowest BCUT2D eigenvalue weighted by atomic mass is 10.0. The Kier molecular flexibility index (Phi) is 4.95. The molecule has 0 aliphatic carbocycles. The van der Waals surface area contributed by atoms with Gasteiger partial charge in [-0.15, -0.1) is 11.3 Å². The van der Waals surface area contributed by atoms with E-state index in [2.05, 4.69) is 15.5 Å². The molecule has 0 radical (unpaired) electrons. The van der Waals surface area contributed by atoms with Crippen LogP contribution < -0.4 is 5.43 Å². The Hall–Kier alpha value is -3.38. The summed E-state index contributed by atoms with van der Waals surface area (Å²) in [6, 6.07) is 17.5. The molecule has 0 aliphatic heterocycles. The molecule has 4 rings (SSSR count). The Bertz CT molecular complexity index is 1180. The molecule has 28 heavy (non-hydrogen) atoms. The lowest BCUT2D eigenvalue weighted by Crippen LogP contribution is -2.18. The highest BCUT2D eigenvalue weighted by molar-refractivity contribution is 7.09. The van der Waals surface area contributed by atoms with E-state index in [1.807, 2.05) is 73.8 Å². The summed E-state index contributed by atoms with van der Waals surface area (Å²) in [6.07, 6.45) is 1.55. The second kappa shape index (κ2) is 7.70. The van der Waals surface area contributed by atoms with Crippen molar-refractivity contribution in [3.05, 3.63) is 81.8 Å². The first kappa shape index (κ1) is 18.0. The van der Waals surface area contributed by atoms with Crippen LogP contribution in [0.15, 0.2) is 65.1 Å². The first-order valence-corrected chi connectivity index (χ1v) is 9.70. The van der Waals surface area contributed by atoms with Crippen LogP contribution in [0.3, 0.4) is 0 Å². The van der Waals surface area contributed by atoms with Gasteiger partial charge in [-0.25, -0.2) is 15.4 Å². The number of benzene rings is 2. The number of hydrogen-bond donors (Lipinski definition) is 1. The molecular formula is C22H18N4OS. The van der Waals surface area contributed by atoms with Crippen molar-refractivity contribution in [2.45, 2.75) is 13.8 Å². The largest absolute Gasteiger partial charge is 0.272 e. The Morgan fingerprint density at radius 2 is 1.86 bits per heavy atom. The van der Waals surface area contributed by atoms with Crippen LogP contribution in [-0.2, 0) is 0 Å². The zero-order valence-corrected chi connectivity index (χ0v) is 16.3. The van der Waals surface area contributed by atoms with Crippen LogP contribution in [0.1, 0.15) is 26.6 Å². The van der Waals surface area contributed by atoms with Crippen LogP contribution in [0, 0.1) is 13.8 Å². The maximum atomic E-state index is 12.8.